The van der Waals surface area contributed by atoms with Crippen LogP contribution in [0.25, 0.3) is 0 Å². The second-order valence-corrected chi connectivity index (χ2v) is 4.26. The molecule has 0 saturated heterocycles. The number of aliphatic carboxylic acids is 1. The lowest BCUT2D eigenvalue weighted by molar-refractivity contribution is -0.139. The van der Waals surface area contributed by atoms with Crippen LogP contribution < -0.4 is 15.4 Å². The molecule has 1 aromatic rings. The predicted molar refractivity (Wildman–Crippen MR) is 73.3 cm³/mol. The number of rotatable bonds is 6. The highest BCUT2D eigenvalue weighted by molar-refractivity contribution is 6.32. The summed E-state index contributed by atoms with van der Waals surface area (Å²) in [6.45, 7) is -0.342. The molecule has 0 radical (unpaired) electrons. The van der Waals surface area contributed by atoms with Crippen LogP contribution in [-0.4, -0.2) is 42.0 Å². The van der Waals surface area contributed by atoms with E-state index in [2.05, 4.69) is 10.6 Å². The summed E-state index contributed by atoms with van der Waals surface area (Å²) in [6.07, 6.45) is -0.0773. The maximum absolute atomic E-state index is 11.6. The van der Waals surface area contributed by atoms with Crippen molar-refractivity contribution in [3.63, 3.8) is 0 Å². The van der Waals surface area contributed by atoms with E-state index in [9.17, 15) is 9.59 Å². The summed E-state index contributed by atoms with van der Waals surface area (Å²) in [4.78, 5) is 22.5. The van der Waals surface area contributed by atoms with Gasteiger partial charge in [-0.3, -0.25) is 0 Å². The number of carboxylic acid groups (broad SMARTS) is 1. The van der Waals surface area contributed by atoms with Crippen LogP contribution in [0.1, 0.15) is 6.42 Å². The number of hydrogen-bond donors (Lipinski definition) is 4. The molecular formula is C12H15ClN2O5. The molecule has 0 aliphatic rings. The molecule has 0 spiro atoms. The minimum absolute atomic E-state index is 0.0773. The van der Waals surface area contributed by atoms with Crippen LogP contribution >= 0.6 is 11.6 Å². The van der Waals surface area contributed by atoms with Crippen molar-refractivity contribution in [1.82, 2.24) is 5.32 Å². The lowest BCUT2D eigenvalue weighted by Gasteiger charge is -2.14. The minimum atomic E-state index is -1.22. The van der Waals surface area contributed by atoms with Gasteiger partial charge in [-0.25, -0.2) is 9.59 Å². The SMILES string of the molecule is COc1ccc(NC(=O)NC(CCO)C(=O)O)cc1Cl. The quantitative estimate of drug-likeness (QED) is 0.633. The van der Waals surface area contributed by atoms with Gasteiger partial charge in [0.2, 0.25) is 0 Å². The second kappa shape index (κ2) is 7.56. The van der Waals surface area contributed by atoms with E-state index in [1.165, 1.54) is 13.2 Å². The Bertz CT molecular complexity index is 495. The van der Waals surface area contributed by atoms with Crippen molar-refractivity contribution in [2.75, 3.05) is 19.0 Å². The summed E-state index contributed by atoms with van der Waals surface area (Å²) in [7, 11) is 1.47. The number of benzene rings is 1. The summed E-state index contributed by atoms with van der Waals surface area (Å²) in [5.41, 5.74) is 0.390. The van der Waals surface area contributed by atoms with E-state index in [0.717, 1.165) is 0 Å². The number of aliphatic hydroxyl groups excluding tert-OH is 1. The average Bonchev–Trinajstić information content (AvgIpc) is 2.38. The Morgan fingerprint density at radius 3 is 2.65 bits per heavy atom. The van der Waals surface area contributed by atoms with Crippen LogP contribution in [0.4, 0.5) is 10.5 Å². The number of carboxylic acids is 1. The van der Waals surface area contributed by atoms with Gasteiger partial charge in [-0.05, 0) is 18.2 Å². The maximum Gasteiger partial charge on any atom is 0.326 e. The van der Waals surface area contributed by atoms with Crippen molar-refractivity contribution in [1.29, 1.82) is 0 Å². The van der Waals surface area contributed by atoms with E-state index in [1.54, 1.807) is 12.1 Å². The first-order valence-electron chi connectivity index (χ1n) is 5.72. The molecule has 1 atom stereocenters. The number of nitrogens with one attached hydrogen (secondary N) is 2. The molecule has 1 unspecified atom stereocenters. The number of urea groups is 1. The Balaban J connectivity index is 2.66. The zero-order valence-corrected chi connectivity index (χ0v) is 11.5. The first kappa shape index (κ1) is 16.1. The summed E-state index contributed by atoms with van der Waals surface area (Å²) in [5, 5.41) is 22.5. The third-order valence-corrected chi connectivity index (χ3v) is 2.73. The van der Waals surface area contributed by atoms with Crippen LogP contribution in [0.3, 0.4) is 0 Å². The number of halogens is 1. The van der Waals surface area contributed by atoms with Crippen molar-refractivity contribution >= 4 is 29.3 Å². The van der Waals surface area contributed by atoms with Gasteiger partial charge < -0.3 is 25.6 Å². The van der Waals surface area contributed by atoms with Gasteiger partial charge in [0.1, 0.15) is 11.8 Å². The highest BCUT2D eigenvalue weighted by Gasteiger charge is 2.19. The highest BCUT2D eigenvalue weighted by Crippen LogP contribution is 2.27. The van der Waals surface area contributed by atoms with Crippen LogP contribution in [0.15, 0.2) is 18.2 Å². The molecule has 7 nitrogen and oxygen atoms in total. The largest absolute Gasteiger partial charge is 0.495 e. The molecule has 1 aromatic carbocycles. The Morgan fingerprint density at radius 2 is 2.15 bits per heavy atom. The van der Waals surface area contributed by atoms with Crippen molar-refractivity contribution in [2.24, 2.45) is 0 Å². The number of hydrogen-bond acceptors (Lipinski definition) is 4. The fourth-order valence-corrected chi connectivity index (χ4v) is 1.71. The van der Waals surface area contributed by atoms with Crippen molar-refractivity contribution in [2.45, 2.75) is 12.5 Å². The highest BCUT2D eigenvalue weighted by atomic mass is 35.5. The van der Waals surface area contributed by atoms with Crippen LogP contribution in [0, 0.1) is 0 Å². The third-order valence-electron chi connectivity index (χ3n) is 2.43. The standard InChI is InChI=1S/C12H15ClN2O5/c1-20-10-3-2-7(6-8(10)13)14-12(19)15-9(4-5-16)11(17)18/h2-3,6,9,16H,4-5H2,1H3,(H,17,18)(H2,14,15,19). The molecule has 2 amide bonds. The Morgan fingerprint density at radius 1 is 1.45 bits per heavy atom. The van der Waals surface area contributed by atoms with E-state index in [4.69, 9.17) is 26.6 Å². The van der Waals surface area contributed by atoms with Gasteiger partial charge >= 0.3 is 12.0 Å². The van der Waals surface area contributed by atoms with Gasteiger partial charge in [-0.2, -0.15) is 0 Å². The normalized spacial score (nSPS) is 11.6. The molecule has 8 heteroatoms. The molecule has 0 heterocycles. The number of amides is 2. The summed E-state index contributed by atoms with van der Waals surface area (Å²) in [6, 6.07) is 2.75. The molecule has 4 N–H and O–H groups in total. The Hall–Kier alpha value is -1.99. The van der Waals surface area contributed by atoms with Crippen molar-refractivity contribution < 1.29 is 24.5 Å². The van der Waals surface area contributed by atoms with E-state index in [1.807, 2.05) is 0 Å². The molecule has 1 rings (SSSR count). The van der Waals surface area contributed by atoms with Gasteiger partial charge in [0.15, 0.2) is 0 Å². The zero-order chi connectivity index (χ0) is 15.1. The molecule has 0 fully saturated rings. The average molecular weight is 303 g/mol. The van der Waals surface area contributed by atoms with Gasteiger partial charge in [0.05, 0.1) is 12.1 Å². The molecule has 0 aliphatic heterocycles. The van der Waals surface area contributed by atoms with Crippen molar-refractivity contribution in [3.8, 4) is 5.75 Å². The molecule has 20 heavy (non-hydrogen) atoms. The topological polar surface area (TPSA) is 108 Å². The van der Waals surface area contributed by atoms with E-state index in [0.29, 0.717) is 16.5 Å². The maximum atomic E-state index is 11.6. The van der Waals surface area contributed by atoms with Gasteiger partial charge in [0.25, 0.3) is 0 Å². The van der Waals surface area contributed by atoms with Crippen LogP contribution in [-0.2, 0) is 4.79 Å². The smallest absolute Gasteiger partial charge is 0.326 e. The van der Waals surface area contributed by atoms with Crippen LogP contribution in [0.2, 0.25) is 5.02 Å². The fraction of sp³-hybridized carbons (Fsp3) is 0.333. The first-order valence-corrected chi connectivity index (χ1v) is 6.10. The second-order valence-electron chi connectivity index (χ2n) is 3.85. The summed E-state index contributed by atoms with van der Waals surface area (Å²) < 4.78 is 4.97. The van der Waals surface area contributed by atoms with E-state index >= 15 is 0 Å². The molecule has 0 aliphatic carbocycles. The molecule has 0 aromatic heterocycles. The van der Waals surface area contributed by atoms with Gasteiger partial charge in [-0.1, -0.05) is 11.6 Å². The molecule has 0 saturated carbocycles. The predicted octanol–water partition coefficient (Wildman–Crippen LogP) is 1.31. The zero-order valence-electron chi connectivity index (χ0n) is 10.7. The Labute approximate surface area is 120 Å². The van der Waals surface area contributed by atoms with Crippen LogP contribution in [0.5, 0.6) is 5.75 Å². The number of carbonyl (C=O) groups excluding carboxylic acids is 1. The number of aliphatic hydroxyl groups is 1. The number of anilines is 1. The number of carbonyl (C=O) groups is 2. The minimum Gasteiger partial charge on any atom is -0.495 e. The molecule has 0 bridgehead atoms. The van der Waals surface area contributed by atoms with E-state index in [-0.39, 0.29) is 13.0 Å². The molecular weight excluding hydrogens is 288 g/mol. The fourth-order valence-electron chi connectivity index (χ4n) is 1.46. The lowest BCUT2D eigenvalue weighted by Crippen LogP contribution is -2.43. The van der Waals surface area contributed by atoms with E-state index < -0.39 is 18.0 Å². The monoisotopic (exact) mass is 302 g/mol. The first-order chi connectivity index (χ1) is 9.47. The third kappa shape index (κ3) is 4.60. The number of methoxy groups -OCH3 is 1. The summed E-state index contributed by atoms with van der Waals surface area (Å²) >= 11 is 5.90. The lowest BCUT2D eigenvalue weighted by atomic mass is 10.2. The van der Waals surface area contributed by atoms with Gasteiger partial charge in [-0.15, -0.1) is 0 Å². The summed E-state index contributed by atoms with van der Waals surface area (Å²) in [5.74, 6) is -0.761. The number of ether oxygens (including phenoxy) is 1. The Kier molecular flexibility index (Phi) is 6.08. The van der Waals surface area contributed by atoms with Crippen molar-refractivity contribution in [3.05, 3.63) is 23.2 Å². The molecule has 110 valence electrons. The van der Waals surface area contributed by atoms with Gasteiger partial charge in [0, 0.05) is 18.7 Å².